The number of hydrogen-bond donors (Lipinski definition) is 2. The summed E-state index contributed by atoms with van der Waals surface area (Å²) in [5.74, 6) is -1.05. The fraction of sp³-hybridized carbons (Fsp3) is 0.818. The topological polar surface area (TPSA) is 104 Å². The molecular formula is C11H22N2O5S. The molecule has 19 heavy (non-hydrogen) atoms. The maximum absolute atomic E-state index is 11.8. The van der Waals surface area contributed by atoms with Crippen molar-refractivity contribution in [3.8, 4) is 0 Å². The van der Waals surface area contributed by atoms with Crippen LogP contribution in [0.2, 0.25) is 0 Å². The van der Waals surface area contributed by atoms with E-state index in [1.807, 2.05) is 0 Å². The second kappa shape index (κ2) is 7.98. The van der Waals surface area contributed by atoms with E-state index >= 15 is 0 Å². The van der Waals surface area contributed by atoms with Gasteiger partial charge in [-0.1, -0.05) is 6.92 Å². The third-order valence-electron chi connectivity index (χ3n) is 2.58. The fourth-order valence-corrected chi connectivity index (χ4v) is 2.07. The van der Waals surface area contributed by atoms with E-state index in [2.05, 4.69) is 5.32 Å². The molecule has 0 heterocycles. The molecule has 2 N–H and O–H groups in total. The summed E-state index contributed by atoms with van der Waals surface area (Å²) in [6.07, 6.45) is -0.140. The van der Waals surface area contributed by atoms with Crippen LogP contribution in [0.25, 0.3) is 0 Å². The number of carbonyl (C=O) groups is 2. The first-order valence-electron chi connectivity index (χ1n) is 6.16. The van der Waals surface area contributed by atoms with Crippen LogP contribution in [-0.2, 0) is 14.6 Å². The summed E-state index contributed by atoms with van der Waals surface area (Å²) in [5, 5.41) is 11.1. The number of amides is 2. The molecule has 0 atom stereocenters. The zero-order chi connectivity index (χ0) is 15.1. The molecule has 7 nitrogen and oxygen atoms in total. The molecule has 0 aliphatic heterocycles. The minimum absolute atomic E-state index is 0.0330. The van der Waals surface area contributed by atoms with E-state index in [4.69, 9.17) is 5.11 Å². The van der Waals surface area contributed by atoms with Gasteiger partial charge >= 0.3 is 12.0 Å². The number of sulfone groups is 1. The Morgan fingerprint density at radius 1 is 1.32 bits per heavy atom. The summed E-state index contributed by atoms with van der Waals surface area (Å²) in [7, 11) is -3.11. The fourth-order valence-electron chi connectivity index (χ4n) is 1.37. The van der Waals surface area contributed by atoms with Gasteiger partial charge in [-0.05, 0) is 13.8 Å². The van der Waals surface area contributed by atoms with E-state index in [1.54, 1.807) is 20.8 Å². The number of nitrogens with zero attached hydrogens (tertiary/aromatic N) is 1. The molecule has 0 fully saturated rings. The summed E-state index contributed by atoms with van der Waals surface area (Å²) in [4.78, 5) is 23.7. The number of nitrogens with one attached hydrogen (secondary N) is 1. The van der Waals surface area contributed by atoms with Gasteiger partial charge in [-0.2, -0.15) is 0 Å². The number of carbonyl (C=O) groups excluding carboxylic acids is 1. The van der Waals surface area contributed by atoms with Crippen molar-refractivity contribution in [2.45, 2.75) is 33.2 Å². The number of urea groups is 1. The van der Waals surface area contributed by atoms with Crippen LogP contribution in [-0.4, -0.2) is 61.1 Å². The van der Waals surface area contributed by atoms with Crippen LogP contribution in [0.5, 0.6) is 0 Å². The van der Waals surface area contributed by atoms with Gasteiger partial charge in [0.05, 0.1) is 12.2 Å². The number of aliphatic carboxylic acids is 1. The average Bonchev–Trinajstić information content (AvgIpc) is 2.28. The van der Waals surface area contributed by atoms with Crippen molar-refractivity contribution in [3.63, 3.8) is 0 Å². The summed E-state index contributed by atoms with van der Waals surface area (Å²) >= 11 is 0. The zero-order valence-electron chi connectivity index (χ0n) is 11.5. The molecule has 0 aromatic rings. The van der Waals surface area contributed by atoms with Crippen molar-refractivity contribution >= 4 is 21.8 Å². The van der Waals surface area contributed by atoms with E-state index < -0.39 is 21.8 Å². The molecular weight excluding hydrogens is 272 g/mol. The van der Waals surface area contributed by atoms with E-state index in [0.717, 1.165) is 0 Å². The second-order valence-electron chi connectivity index (χ2n) is 4.40. The molecule has 0 aromatic carbocycles. The minimum atomic E-state index is -3.11. The summed E-state index contributed by atoms with van der Waals surface area (Å²) in [6, 6.07) is -0.593. The van der Waals surface area contributed by atoms with Crippen molar-refractivity contribution in [2.75, 3.05) is 24.6 Å². The van der Waals surface area contributed by atoms with E-state index in [1.165, 1.54) is 4.90 Å². The van der Waals surface area contributed by atoms with Crippen molar-refractivity contribution in [1.82, 2.24) is 10.2 Å². The van der Waals surface area contributed by atoms with Crippen LogP contribution in [0, 0.1) is 0 Å². The Morgan fingerprint density at radius 3 is 2.32 bits per heavy atom. The van der Waals surface area contributed by atoms with Gasteiger partial charge in [0, 0.05) is 24.9 Å². The Labute approximate surface area is 113 Å². The molecule has 0 rings (SSSR count). The first-order valence-corrected chi connectivity index (χ1v) is 7.98. The third kappa shape index (κ3) is 7.66. The lowest BCUT2D eigenvalue weighted by Gasteiger charge is -2.26. The predicted molar refractivity (Wildman–Crippen MR) is 71.8 cm³/mol. The predicted octanol–water partition coefficient (Wildman–Crippen LogP) is 0.316. The summed E-state index contributed by atoms with van der Waals surface area (Å²) in [5.41, 5.74) is 0. The van der Waals surface area contributed by atoms with Crippen LogP contribution in [0.1, 0.15) is 27.2 Å². The SMILES string of the molecule is CCS(=O)(=O)CCNC(=O)N(CCC(=O)O)C(C)C. The maximum Gasteiger partial charge on any atom is 0.317 e. The lowest BCUT2D eigenvalue weighted by Crippen LogP contribution is -2.46. The second-order valence-corrected chi connectivity index (χ2v) is 6.87. The van der Waals surface area contributed by atoms with E-state index in [-0.39, 0.29) is 37.1 Å². The largest absolute Gasteiger partial charge is 0.481 e. The van der Waals surface area contributed by atoms with Gasteiger partial charge < -0.3 is 15.3 Å². The Hall–Kier alpha value is -1.31. The molecule has 0 saturated heterocycles. The Bertz CT molecular complexity index is 405. The van der Waals surface area contributed by atoms with Crippen LogP contribution in [0.4, 0.5) is 4.79 Å². The molecule has 112 valence electrons. The van der Waals surface area contributed by atoms with E-state index in [0.29, 0.717) is 0 Å². The molecule has 2 amide bonds. The highest BCUT2D eigenvalue weighted by molar-refractivity contribution is 7.91. The Kier molecular flexibility index (Phi) is 7.43. The molecule has 0 aliphatic rings. The number of rotatable bonds is 8. The Balaban J connectivity index is 4.30. The van der Waals surface area contributed by atoms with Crippen molar-refractivity contribution < 1.29 is 23.1 Å². The summed E-state index contributed by atoms with van der Waals surface area (Å²) in [6.45, 7) is 5.21. The maximum atomic E-state index is 11.8. The lowest BCUT2D eigenvalue weighted by molar-refractivity contribution is -0.137. The van der Waals surface area contributed by atoms with Crippen LogP contribution < -0.4 is 5.32 Å². The molecule has 0 saturated carbocycles. The number of carboxylic acids is 1. The third-order valence-corrected chi connectivity index (χ3v) is 4.29. The smallest absolute Gasteiger partial charge is 0.317 e. The zero-order valence-corrected chi connectivity index (χ0v) is 12.4. The highest BCUT2D eigenvalue weighted by Crippen LogP contribution is 2.00. The van der Waals surface area contributed by atoms with Crippen LogP contribution >= 0.6 is 0 Å². The van der Waals surface area contributed by atoms with Crippen molar-refractivity contribution in [1.29, 1.82) is 0 Å². The molecule has 0 bridgehead atoms. The first kappa shape index (κ1) is 17.7. The van der Waals surface area contributed by atoms with Crippen molar-refractivity contribution in [3.05, 3.63) is 0 Å². The minimum Gasteiger partial charge on any atom is -0.481 e. The van der Waals surface area contributed by atoms with Crippen LogP contribution in [0.3, 0.4) is 0 Å². The van der Waals surface area contributed by atoms with Crippen LogP contribution in [0.15, 0.2) is 0 Å². The molecule has 0 spiro atoms. The standard InChI is InChI=1S/C11H22N2O5S/c1-4-19(17,18)8-6-12-11(16)13(9(2)3)7-5-10(14)15/h9H,4-8H2,1-3H3,(H,12,16)(H,14,15). The molecule has 0 radical (unpaired) electrons. The molecule has 8 heteroatoms. The first-order chi connectivity index (χ1) is 8.69. The van der Waals surface area contributed by atoms with Crippen molar-refractivity contribution in [2.24, 2.45) is 0 Å². The summed E-state index contributed by atoms with van der Waals surface area (Å²) < 4.78 is 22.5. The van der Waals surface area contributed by atoms with Gasteiger partial charge in [-0.15, -0.1) is 0 Å². The molecule has 0 aliphatic carbocycles. The monoisotopic (exact) mass is 294 g/mol. The van der Waals surface area contributed by atoms with Gasteiger partial charge in [0.2, 0.25) is 0 Å². The van der Waals surface area contributed by atoms with Gasteiger partial charge in [0.1, 0.15) is 0 Å². The Morgan fingerprint density at radius 2 is 1.89 bits per heavy atom. The average molecular weight is 294 g/mol. The molecule has 0 unspecified atom stereocenters. The van der Waals surface area contributed by atoms with Gasteiger partial charge in [-0.3, -0.25) is 4.79 Å². The number of hydrogen-bond acceptors (Lipinski definition) is 4. The number of carboxylic acid groups (broad SMARTS) is 1. The van der Waals surface area contributed by atoms with E-state index in [9.17, 15) is 18.0 Å². The highest BCUT2D eigenvalue weighted by Gasteiger charge is 2.18. The van der Waals surface area contributed by atoms with Gasteiger partial charge in [0.25, 0.3) is 0 Å². The normalized spacial score (nSPS) is 11.4. The highest BCUT2D eigenvalue weighted by atomic mass is 32.2. The van der Waals surface area contributed by atoms with Gasteiger partial charge in [0.15, 0.2) is 9.84 Å². The van der Waals surface area contributed by atoms with Gasteiger partial charge in [-0.25, -0.2) is 13.2 Å². The quantitative estimate of drug-likeness (QED) is 0.671. The molecule has 0 aromatic heterocycles. The lowest BCUT2D eigenvalue weighted by atomic mass is 10.3.